The Labute approximate surface area is 110 Å². The zero-order valence-electron chi connectivity index (χ0n) is 10.7. The van der Waals surface area contributed by atoms with Crippen molar-refractivity contribution in [2.75, 3.05) is 4.90 Å². The fourth-order valence-corrected chi connectivity index (χ4v) is 2.28. The maximum absolute atomic E-state index is 12.3. The van der Waals surface area contributed by atoms with E-state index >= 15 is 0 Å². The lowest BCUT2D eigenvalue weighted by Gasteiger charge is -2.17. The van der Waals surface area contributed by atoms with Crippen molar-refractivity contribution < 1.29 is 9.59 Å². The zero-order valence-corrected chi connectivity index (χ0v) is 10.7. The third-order valence-corrected chi connectivity index (χ3v) is 3.51. The molecule has 0 unspecified atom stereocenters. The normalized spacial score (nSPS) is 13.9. The SMILES string of the molecule is Cc1cccc(N2C(=O)c3ccncc3C2=O)c1C. The lowest BCUT2D eigenvalue weighted by atomic mass is 10.1. The van der Waals surface area contributed by atoms with E-state index in [9.17, 15) is 9.59 Å². The van der Waals surface area contributed by atoms with Crippen molar-refractivity contribution >= 4 is 17.5 Å². The van der Waals surface area contributed by atoms with E-state index < -0.39 is 0 Å². The summed E-state index contributed by atoms with van der Waals surface area (Å²) in [5, 5.41) is 0. The van der Waals surface area contributed by atoms with Crippen LogP contribution in [0.3, 0.4) is 0 Å². The minimum Gasteiger partial charge on any atom is -0.268 e. The summed E-state index contributed by atoms with van der Waals surface area (Å²) >= 11 is 0. The highest BCUT2D eigenvalue weighted by atomic mass is 16.2. The van der Waals surface area contributed by atoms with Crippen LogP contribution in [0.25, 0.3) is 0 Å². The van der Waals surface area contributed by atoms with Gasteiger partial charge in [-0.2, -0.15) is 0 Å². The van der Waals surface area contributed by atoms with Gasteiger partial charge in [0.15, 0.2) is 0 Å². The number of aromatic nitrogens is 1. The molecular formula is C15H12N2O2. The lowest BCUT2D eigenvalue weighted by molar-refractivity contribution is 0.0926. The molecule has 3 rings (SSSR count). The molecule has 0 atom stereocenters. The van der Waals surface area contributed by atoms with Gasteiger partial charge >= 0.3 is 0 Å². The van der Waals surface area contributed by atoms with Crippen LogP contribution in [0.2, 0.25) is 0 Å². The fourth-order valence-electron chi connectivity index (χ4n) is 2.28. The molecule has 0 aliphatic carbocycles. The van der Waals surface area contributed by atoms with Crippen LogP contribution in [0.1, 0.15) is 31.8 Å². The highest BCUT2D eigenvalue weighted by Gasteiger charge is 2.37. The number of hydrogen-bond donors (Lipinski definition) is 0. The molecule has 19 heavy (non-hydrogen) atoms. The largest absolute Gasteiger partial charge is 0.268 e. The number of benzene rings is 1. The Balaban J connectivity index is 2.17. The monoisotopic (exact) mass is 252 g/mol. The Morgan fingerprint density at radius 2 is 1.74 bits per heavy atom. The van der Waals surface area contributed by atoms with Gasteiger partial charge in [0.25, 0.3) is 11.8 Å². The second-order valence-electron chi connectivity index (χ2n) is 4.59. The number of nitrogens with zero attached hydrogens (tertiary/aromatic N) is 2. The van der Waals surface area contributed by atoms with E-state index in [-0.39, 0.29) is 11.8 Å². The number of anilines is 1. The predicted molar refractivity (Wildman–Crippen MR) is 71.3 cm³/mol. The molecule has 0 saturated carbocycles. The van der Waals surface area contributed by atoms with Crippen LogP contribution in [-0.4, -0.2) is 16.8 Å². The molecule has 2 aromatic rings. The Morgan fingerprint density at radius 3 is 2.47 bits per heavy atom. The number of rotatable bonds is 1. The summed E-state index contributed by atoms with van der Waals surface area (Å²) in [5.74, 6) is -0.585. The van der Waals surface area contributed by atoms with Crippen molar-refractivity contribution in [2.24, 2.45) is 0 Å². The van der Waals surface area contributed by atoms with E-state index in [1.54, 1.807) is 12.1 Å². The van der Waals surface area contributed by atoms with Gasteiger partial charge in [-0.25, -0.2) is 4.90 Å². The first-order valence-corrected chi connectivity index (χ1v) is 6.00. The summed E-state index contributed by atoms with van der Waals surface area (Å²) in [6.45, 7) is 3.87. The summed E-state index contributed by atoms with van der Waals surface area (Å²) in [7, 11) is 0. The average Bonchev–Trinajstić information content (AvgIpc) is 2.67. The molecule has 0 N–H and O–H groups in total. The first kappa shape index (κ1) is 11.6. The highest BCUT2D eigenvalue weighted by Crippen LogP contribution is 2.30. The Hall–Kier alpha value is -2.49. The van der Waals surface area contributed by atoms with Crippen molar-refractivity contribution in [3.63, 3.8) is 0 Å². The van der Waals surface area contributed by atoms with Gasteiger partial charge in [-0.1, -0.05) is 12.1 Å². The molecular weight excluding hydrogens is 240 g/mol. The Kier molecular flexibility index (Phi) is 2.45. The van der Waals surface area contributed by atoms with Gasteiger partial charge in [0.1, 0.15) is 0 Å². The van der Waals surface area contributed by atoms with Crippen LogP contribution < -0.4 is 4.90 Å². The fraction of sp³-hybridized carbons (Fsp3) is 0.133. The molecule has 94 valence electrons. The molecule has 1 aliphatic heterocycles. The smallest absolute Gasteiger partial charge is 0.267 e. The lowest BCUT2D eigenvalue weighted by Crippen LogP contribution is -2.30. The summed E-state index contributed by atoms with van der Waals surface area (Å²) in [6.07, 6.45) is 2.97. The third-order valence-electron chi connectivity index (χ3n) is 3.51. The molecule has 0 radical (unpaired) electrons. The van der Waals surface area contributed by atoms with E-state index in [1.165, 1.54) is 17.3 Å². The second kappa shape index (κ2) is 4.02. The average molecular weight is 252 g/mol. The van der Waals surface area contributed by atoms with Gasteiger partial charge in [0.2, 0.25) is 0 Å². The van der Waals surface area contributed by atoms with Crippen LogP contribution in [0.4, 0.5) is 5.69 Å². The van der Waals surface area contributed by atoms with Gasteiger partial charge in [-0.3, -0.25) is 14.6 Å². The standard InChI is InChI=1S/C15H12N2O2/c1-9-4-3-5-13(10(9)2)17-14(18)11-6-7-16-8-12(11)15(17)19/h3-8H,1-2H3. The second-order valence-corrected chi connectivity index (χ2v) is 4.59. The summed E-state index contributed by atoms with van der Waals surface area (Å²) in [6, 6.07) is 7.18. The van der Waals surface area contributed by atoms with Crippen molar-refractivity contribution in [1.29, 1.82) is 0 Å². The van der Waals surface area contributed by atoms with Crippen molar-refractivity contribution in [1.82, 2.24) is 4.98 Å². The van der Waals surface area contributed by atoms with Crippen LogP contribution in [0.15, 0.2) is 36.7 Å². The van der Waals surface area contributed by atoms with Gasteiger partial charge in [-0.15, -0.1) is 0 Å². The van der Waals surface area contributed by atoms with Gasteiger partial charge in [0.05, 0.1) is 16.8 Å². The molecule has 2 heterocycles. The van der Waals surface area contributed by atoms with Crippen molar-refractivity contribution in [2.45, 2.75) is 13.8 Å². The minimum absolute atomic E-state index is 0.281. The number of fused-ring (bicyclic) bond motifs is 1. The maximum Gasteiger partial charge on any atom is 0.267 e. The van der Waals surface area contributed by atoms with E-state index in [0.29, 0.717) is 16.8 Å². The molecule has 1 aromatic carbocycles. The van der Waals surface area contributed by atoms with Crippen LogP contribution >= 0.6 is 0 Å². The molecule has 0 bridgehead atoms. The zero-order chi connectivity index (χ0) is 13.6. The van der Waals surface area contributed by atoms with Gasteiger partial charge in [-0.05, 0) is 37.1 Å². The summed E-state index contributed by atoms with van der Waals surface area (Å²) < 4.78 is 0. The molecule has 2 amide bonds. The quantitative estimate of drug-likeness (QED) is 0.733. The Morgan fingerprint density at radius 1 is 1.00 bits per heavy atom. The molecule has 1 aromatic heterocycles. The third kappa shape index (κ3) is 1.57. The summed E-state index contributed by atoms with van der Waals surface area (Å²) in [4.78, 5) is 29.8. The van der Waals surface area contributed by atoms with Crippen LogP contribution in [-0.2, 0) is 0 Å². The number of imide groups is 1. The number of carbonyl (C=O) groups is 2. The first-order chi connectivity index (χ1) is 9.11. The van der Waals surface area contributed by atoms with Crippen LogP contribution in [0, 0.1) is 13.8 Å². The molecule has 4 nitrogen and oxygen atoms in total. The number of amides is 2. The number of pyridine rings is 1. The Bertz CT molecular complexity index is 672. The number of carbonyl (C=O) groups excluding carboxylic acids is 2. The van der Waals surface area contributed by atoms with E-state index in [0.717, 1.165) is 11.1 Å². The molecule has 0 spiro atoms. The van der Waals surface area contributed by atoms with Gasteiger partial charge < -0.3 is 0 Å². The van der Waals surface area contributed by atoms with Crippen molar-refractivity contribution in [3.8, 4) is 0 Å². The molecule has 0 fully saturated rings. The molecule has 4 heteroatoms. The van der Waals surface area contributed by atoms with Gasteiger partial charge in [0, 0.05) is 12.4 Å². The molecule has 1 aliphatic rings. The van der Waals surface area contributed by atoms with E-state index in [4.69, 9.17) is 0 Å². The predicted octanol–water partition coefficient (Wildman–Crippen LogP) is 2.50. The summed E-state index contributed by atoms with van der Waals surface area (Å²) in [5.41, 5.74) is 3.41. The van der Waals surface area contributed by atoms with E-state index in [1.807, 2.05) is 26.0 Å². The maximum atomic E-state index is 12.3. The van der Waals surface area contributed by atoms with Crippen LogP contribution in [0.5, 0.6) is 0 Å². The number of hydrogen-bond acceptors (Lipinski definition) is 3. The number of aryl methyl sites for hydroxylation is 1. The minimum atomic E-state index is -0.304. The highest BCUT2D eigenvalue weighted by molar-refractivity contribution is 6.34. The van der Waals surface area contributed by atoms with Crippen molar-refractivity contribution in [3.05, 3.63) is 58.9 Å². The molecule has 0 saturated heterocycles. The topological polar surface area (TPSA) is 50.3 Å². The van der Waals surface area contributed by atoms with E-state index in [2.05, 4.69) is 4.98 Å². The first-order valence-electron chi connectivity index (χ1n) is 6.00.